The Morgan fingerprint density at radius 2 is 1.91 bits per heavy atom. The van der Waals surface area contributed by atoms with E-state index in [2.05, 4.69) is 9.97 Å². The lowest BCUT2D eigenvalue weighted by Crippen LogP contribution is -2.43. The molecule has 0 saturated carbocycles. The summed E-state index contributed by atoms with van der Waals surface area (Å²) < 4.78 is 26.3. The summed E-state index contributed by atoms with van der Waals surface area (Å²) >= 11 is 0. The molecule has 1 aromatic carbocycles. The zero-order valence-electron chi connectivity index (χ0n) is 18.6. The molecule has 2 aliphatic rings. The Bertz CT molecular complexity index is 1280. The van der Waals surface area contributed by atoms with Gasteiger partial charge in [0.15, 0.2) is 5.82 Å². The molecule has 1 saturated heterocycles. The lowest BCUT2D eigenvalue weighted by molar-refractivity contribution is 0.0836. The maximum Gasteiger partial charge on any atom is 0.413 e. The number of aliphatic hydroxyl groups excluding tert-OH is 1. The minimum absolute atomic E-state index is 0.0894. The van der Waals surface area contributed by atoms with Crippen molar-refractivity contribution in [3.63, 3.8) is 0 Å². The summed E-state index contributed by atoms with van der Waals surface area (Å²) in [6, 6.07) is 2.96. The molecule has 0 bridgehead atoms. The highest BCUT2D eigenvalue weighted by Gasteiger charge is 2.29. The highest BCUT2D eigenvalue weighted by atomic mass is 19.1. The van der Waals surface area contributed by atoms with E-state index in [1.165, 1.54) is 17.3 Å². The molecule has 9 nitrogen and oxygen atoms in total. The number of hydrogen-bond donors (Lipinski definition) is 3. The number of nitrogens with zero attached hydrogens (tertiary/aromatic N) is 3. The summed E-state index contributed by atoms with van der Waals surface area (Å²) in [6.45, 7) is 3.10. The zero-order valence-corrected chi connectivity index (χ0v) is 18.6. The fourth-order valence-corrected chi connectivity index (χ4v) is 4.78. The van der Waals surface area contributed by atoms with Crippen molar-refractivity contribution in [2.45, 2.75) is 38.3 Å². The quantitative estimate of drug-likeness (QED) is 0.495. The van der Waals surface area contributed by atoms with E-state index in [0.29, 0.717) is 72.4 Å². The predicted octanol–water partition coefficient (Wildman–Crippen LogP) is 3.81. The number of rotatable bonds is 3. The topological polar surface area (TPSA) is 131 Å². The first-order valence-electron chi connectivity index (χ1n) is 11.1. The standard InChI is InChI=1S/C24H25FN4O5/c1-12-16(10-28-23-20(12)18(30)4-7-34-23)15-8-13-9-19(27-11-17(13)22(26)21(15)25)29(24(31)32)14-2-5-33-6-3-14/h8-11,14,18,30H,2-7,26H2,1H3,(H,31,32). The molecular weight excluding hydrogens is 443 g/mol. The first-order valence-corrected chi connectivity index (χ1v) is 11.1. The van der Waals surface area contributed by atoms with Crippen LogP contribution < -0.4 is 15.4 Å². The van der Waals surface area contributed by atoms with Gasteiger partial charge in [-0.05, 0) is 42.8 Å². The Hall–Kier alpha value is -3.50. The van der Waals surface area contributed by atoms with Crippen molar-refractivity contribution in [1.29, 1.82) is 0 Å². The summed E-state index contributed by atoms with van der Waals surface area (Å²) in [4.78, 5) is 21.9. The maximum atomic E-state index is 15.4. The average molecular weight is 468 g/mol. The van der Waals surface area contributed by atoms with E-state index in [9.17, 15) is 15.0 Å². The molecular formula is C24H25FN4O5. The van der Waals surface area contributed by atoms with Crippen molar-refractivity contribution in [3.05, 3.63) is 41.5 Å². The van der Waals surface area contributed by atoms with Crippen LogP contribution in [-0.2, 0) is 4.74 Å². The summed E-state index contributed by atoms with van der Waals surface area (Å²) in [5, 5.41) is 21.3. The number of nitrogen functional groups attached to an aromatic ring is 1. The van der Waals surface area contributed by atoms with Gasteiger partial charge in [-0.1, -0.05) is 0 Å². The van der Waals surface area contributed by atoms with E-state index in [4.69, 9.17) is 15.2 Å². The number of anilines is 2. The predicted molar refractivity (Wildman–Crippen MR) is 123 cm³/mol. The van der Waals surface area contributed by atoms with Crippen LogP contribution in [0.3, 0.4) is 0 Å². The van der Waals surface area contributed by atoms with E-state index < -0.39 is 18.0 Å². The van der Waals surface area contributed by atoms with Gasteiger partial charge in [-0.2, -0.15) is 0 Å². The Labute approximate surface area is 194 Å². The summed E-state index contributed by atoms with van der Waals surface area (Å²) in [7, 11) is 0. The van der Waals surface area contributed by atoms with Crippen LogP contribution >= 0.6 is 0 Å². The van der Waals surface area contributed by atoms with Crippen LogP contribution in [-0.4, -0.2) is 52.1 Å². The number of aromatic nitrogens is 2. The van der Waals surface area contributed by atoms with E-state index in [1.54, 1.807) is 19.1 Å². The number of benzene rings is 1. The number of carbonyl (C=O) groups is 1. The van der Waals surface area contributed by atoms with Gasteiger partial charge in [0.25, 0.3) is 0 Å². The number of hydrogen-bond acceptors (Lipinski definition) is 7. The Morgan fingerprint density at radius 1 is 1.15 bits per heavy atom. The second-order valence-electron chi connectivity index (χ2n) is 8.58. The lowest BCUT2D eigenvalue weighted by atomic mass is 9.92. The first-order chi connectivity index (χ1) is 16.4. The number of nitrogens with two attached hydrogens (primary N) is 1. The van der Waals surface area contributed by atoms with Gasteiger partial charge in [0, 0.05) is 60.1 Å². The number of amides is 1. The summed E-state index contributed by atoms with van der Waals surface area (Å²) in [5.41, 5.74) is 7.93. The zero-order chi connectivity index (χ0) is 24.0. The third kappa shape index (κ3) is 3.68. The minimum atomic E-state index is -1.11. The first kappa shape index (κ1) is 22.3. The highest BCUT2D eigenvalue weighted by Crippen LogP contribution is 2.41. The molecule has 0 spiro atoms. The molecule has 4 N–H and O–H groups in total. The van der Waals surface area contributed by atoms with Gasteiger partial charge in [0.05, 0.1) is 18.4 Å². The number of fused-ring (bicyclic) bond motifs is 2. The maximum absolute atomic E-state index is 15.4. The van der Waals surface area contributed by atoms with E-state index in [0.717, 1.165) is 0 Å². The smallest absolute Gasteiger partial charge is 0.413 e. The number of ether oxygens (including phenoxy) is 2. The monoisotopic (exact) mass is 468 g/mol. The van der Waals surface area contributed by atoms with Crippen LogP contribution in [0.25, 0.3) is 21.9 Å². The number of carboxylic acid groups (broad SMARTS) is 1. The molecule has 1 fully saturated rings. The summed E-state index contributed by atoms with van der Waals surface area (Å²) in [6.07, 6.45) is 2.59. The minimum Gasteiger partial charge on any atom is -0.477 e. The number of halogens is 1. The lowest BCUT2D eigenvalue weighted by Gasteiger charge is -2.31. The molecule has 178 valence electrons. The van der Waals surface area contributed by atoms with Crippen molar-refractivity contribution in [3.8, 4) is 17.0 Å². The van der Waals surface area contributed by atoms with Crippen LogP contribution in [0, 0.1) is 12.7 Å². The van der Waals surface area contributed by atoms with Crippen molar-refractivity contribution < 1.29 is 28.9 Å². The highest BCUT2D eigenvalue weighted by molar-refractivity contribution is 5.99. The van der Waals surface area contributed by atoms with E-state index in [1.807, 2.05) is 0 Å². The van der Waals surface area contributed by atoms with Crippen LogP contribution in [0.1, 0.15) is 36.5 Å². The van der Waals surface area contributed by atoms with Crippen molar-refractivity contribution in [2.75, 3.05) is 30.5 Å². The van der Waals surface area contributed by atoms with Gasteiger partial charge < -0.3 is 25.4 Å². The van der Waals surface area contributed by atoms with E-state index in [-0.39, 0.29) is 23.1 Å². The van der Waals surface area contributed by atoms with Gasteiger partial charge in [-0.15, -0.1) is 0 Å². The fraction of sp³-hybridized carbons (Fsp3) is 0.375. The molecule has 1 amide bonds. The van der Waals surface area contributed by atoms with Crippen molar-refractivity contribution in [2.24, 2.45) is 0 Å². The molecule has 5 rings (SSSR count). The van der Waals surface area contributed by atoms with Crippen molar-refractivity contribution in [1.82, 2.24) is 9.97 Å². The van der Waals surface area contributed by atoms with Crippen LogP contribution in [0.5, 0.6) is 5.88 Å². The van der Waals surface area contributed by atoms with Crippen LogP contribution in [0.15, 0.2) is 24.5 Å². The Morgan fingerprint density at radius 3 is 2.65 bits per heavy atom. The molecule has 2 aromatic heterocycles. The van der Waals surface area contributed by atoms with Gasteiger partial charge in [-0.3, -0.25) is 4.90 Å². The van der Waals surface area contributed by atoms with Crippen LogP contribution in [0.4, 0.5) is 20.7 Å². The second-order valence-corrected chi connectivity index (χ2v) is 8.58. The normalized spacial score (nSPS) is 18.4. The molecule has 10 heteroatoms. The molecule has 1 unspecified atom stereocenters. The van der Waals surface area contributed by atoms with Crippen molar-refractivity contribution >= 4 is 28.4 Å². The van der Waals surface area contributed by atoms with Gasteiger partial charge in [0.1, 0.15) is 5.82 Å². The number of aliphatic hydroxyl groups is 1. The Kier molecular flexibility index (Phi) is 5.70. The number of pyridine rings is 2. The summed E-state index contributed by atoms with van der Waals surface area (Å²) in [5.74, 6) is -0.0418. The third-order valence-corrected chi connectivity index (χ3v) is 6.60. The van der Waals surface area contributed by atoms with E-state index >= 15 is 4.39 Å². The fourth-order valence-electron chi connectivity index (χ4n) is 4.78. The Balaban J connectivity index is 1.64. The largest absolute Gasteiger partial charge is 0.477 e. The molecule has 2 aliphatic heterocycles. The van der Waals surface area contributed by atoms with Gasteiger partial charge >= 0.3 is 6.09 Å². The molecule has 34 heavy (non-hydrogen) atoms. The second kappa shape index (κ2) is 8.69. The third-order valence-electron chi connectivity index (χ3n) is 6.60. The molecule has 1 atom stereocenters. The molecule has 3 aromatic rings. The average Bonchev–Trinajstić information content (AvgIpc) is 2.82. The van der Waals surface area contributed by atoms with Crippen LogP contribution in [0.2, 0.25) is 0 Å². The van der Waals surface area contributed by atoms with Gasteiger partial charge in [0.2, 0.25) is 5.88 Å². The van der Waals surface area contributed by atoms with Gasteiger partial charge in [-0.25, -0.2) is 19.2 Å². The molecule has 0 radical (unpaired) electrons. The SMILES string of the molecule is Cc1c(-c2cc3cc(N(C(=O)O)C4CCOCC4)ncc3c(N)c2F)cnc2c1C(O)CCO2. The molecule has 4 heterocycles. The molecule has 0 aliphatic carbocycles.